The van der Waals surface area contributed by atoms with E-state index in [0.29, 0.717) is 36.4 Å². The number of carbonyl (C=O) groups is 2. The molecule has 2 aliphatic rings. The monoisotopic (exact) mass is 438 g/mol. The number of benzene rings is 2. The zero-order valence-corrected chi connectivity index (χ0v) is 18.5. The Kier molecular flexibility index (Phi) is 5.58. The first-order valence-corrected chi connectivity index (χ1v) is 12.0. The maximum atomic E-state index is 13.2. The molecule has 0 bridgehead atoms. The molecule has 31 heavy (non-hydrogen) atoms. The van der Waals surface area contributed by atoms with Gasteiger partial charge in [-0.15, -0.1) is 0 Å². The van der Waals surface area contributed by atoms with Crippen LogP contribution in [0.5, 0.6) is 0 Å². The number of anilines is 1. The fraction of sp³-hybridized carbons (Fsp3) is 0.333. The van der Waals surface area contributed by atoms with Crippen molar-refractivity contribution < 1.29 is 18.0 Å². The lowest BCUT2D eigenvalue weighted by Gasteiger charge is -2.38. The first kappa shape index (κ1) is 21.5. The van der Waals surface area contributed by atoms with Gasteiger partial charge in [0.2, 0.25) is 15.9 Å². The van der Waals surface area contributed by atoms with Crippen LogP contribution in [0.25, 0.3) is 0 Å². The van der Waals surface area contributed by atoms with Crippen LogP contribution >= 0.6 is 0 Å². The van der Waals surface area contributed by atoms with E-state index in [1.165, 1.54) is 17.7 Å². The van der Waals surface area contributed by atoms with Gasteiger partial charge in [0.25, 0.3) is 0 Å². The number of rotatable bonds is 4. The summed E-state index contributed by atoms with van der Waals surface area (Å²) in [5.74, 6) is 0.132. The number of amides is 1. The van der Waals surface area contributed by atoms with Crippen molar-refractivity contribution in [3.63, 3.8) is 0 Å². The molecule has 1 aliphatic heterocycles. The highest BCUT2D eigenvalue weighted by molar-refractivity contribution is 7.89. The van der Waals surface area contributed by atoms with Crippen molar-refractivity contribution >= 4 is 27.4 Å². The van der Waals surface area contributed by atoms with E-state index in [-0.39, 0.29) is 28.9 Å². The number of carbonyl (C=O) groups excluding carboxylic acids is 2. The third-order valence-electron chi connectivity index (χ3n) is 6.10. The first-order valence-electron chi connectivity index (χ1n) is 10.5. The third-order valence-corrected chi connectivity index (χ3v) is 7.03. The second-order valence-corrected chi connectivity index (χ2v) is 10.0. The normalized spacial score (nSPS) is 19.7. The van der Waals surface area contributed by atoms with E-state index in [1.807, 2.05) is 12.1 Å². The van der Waals surface area contributed by atoms with E-state index in [9.17, 15) is 18.0 Å². The van der Waals surface area contributed by atoms with E-state index in [4.69, 9.17) is 5.14 Å². The molecule has 0 saturated heterocycles. The minimum atomic E-state index is -3.82. The number of nitrogens with zero attached hydrogens (tertiary/aromatic N) is 1. The highest BCUT2D eigenvalue weighted by Crippen LogP contribution is 2.43. The summed E-state index contributed by atoms with van der Waals surface area (Å²) in [6, 6.07) is 14.1. The largest absolute Gasteiger partial charge is 0.294 e. The molecule has 1 unspecified atom stereocenters. The summed E-state index contributed by atoms with van der Waals surface area (Å²) in [5, 5.41) is 5.19. The van der Waals surface area contributed by atoms with E-state index in [1.54, 1.807) is 17.0 Å². The Hall–Kier alpha value is -2.77. The third kappa shape index (κ3) is 4.07. The van der Waals surface area contributed by atoms with E-state index in [0.717, 1.165) is 11.3 Å². The summed E-state index contributed by atoms with van der Waals surface area (Å²) in [7, 11) is -3.82. The number of nitrogens with two attached hydrogens (primary N) is 1. The van der Waals surface area contributed by atoms with Gasteiger partial charge in [-0.1, -0.05) is 38.1 Å². The molecule has 2 N–H and O–H groups in total. The minimum Gasteiger partial charge on any atom is -0.294 e. The number of sulfonamides is 1. The van der Waals surface area contributed by atoms with Crippen LogP contribution in [0, 0.1) is 0 Å². The smallest absolute Gasteiger partial charge is 0.238 e. The molecule has 162 valence electrons. The van der Waals surface area contributed by atoms with Gasteiger partial charge >= 0.3 is 0 Å². The number of hydrogen-bond acceptors (Lipinski definition) is 4. The molecule has 4 rings (SSSR count). The Morgan fingerprint density at radius 3 is 2.19 bits per heavy atom. The van der Waals surface area contributed by atoms with Crippen molar-refractivity contribution in [3.05, 3.63) is 70.9 Å². The summed E-state index contributed by atoms with van der Waals surface area (Å²) in [5.41, 5.74) is 4.18. The summed E-state index contributed by atoms with van der Waals surface area (Å²) < 4.78 is 23.1. The fourth-order valence-corrected chi connectivity index (χ4v) is 4.99. The SMILES string of the molecule is CC(C)c1ccc(C2CC(=O)N(c3ccc(S(N)(=O)=O)cc3)C3=C2C(=O)CCC3)cc1. The Bertz CT molecular complexity index is 1160. The average molecular weight is 439 g/mol. The lowest BCUT2D eigenvalue weighted by Crippen LogP contribution is -2.40. The van der Waals surface area contributed by atoms with Crippen molar-refractivity contribution in [3.8, 4) is 0 Å². The molecular formula is C24H26N2O4S. The van der Waals surface area contributed by atoms with Gasteiger partial charge in [-0.2, -0.15) is 0 Å². The zero-order valence-electron chi connectivity index (χ0n) is 17.7. The summed E-state index contributed by atoms with van der Waals surface area (Å²) in [6.45, 7) is 4.26. The predicted octanol–water partition coefficient (Wildman–Crippen LogP) is 3.99. The Labute approximate surface area is 182 Å². The zero-order chi connectivity index (χ0) is 22.3. The molecule has 1 amide bonds. The molecule has 0 spiro atoms. The van der Waals surface area contributed by atoms with Crippen LogP contribution in [0.1, 0.15) is 62.5 Å². The van der Waals surface area contributed by atoms with Crippen molar-refractivity contribution in [2.24, 2.45) is 5.14 Å². The van der Waals surface area contributed by atoms with Gasteiger partial charge in [0.05, 0.1) is 4.90 Å². The molecule has 2 aromatic rings. The van der Waals surface area contributed by atoms with Crippen LogP contribution in [-0.4, -0.2) is 20.1 Å². The van der Waals surface area contributed by atoms with Gasteiger partial charge in [-0.25, -0.2) is 13.6 Å². The highest BCUT2D eigenvalue weighted by Gasteiger charge is 2.39. The molecule has 7 heteroatoms. The molecule has 1 atom stereocenters. The summed E-state index contributed by atoms with van der Waals surface area (Å²) in [4.78, 5) is 27.8. The van der Waals surface area contributed by atoms with Gasteiger partial charge in [-0.05, 0) is 54.2 Å². The molecule has 2 aromatic carbocycles. The number of ketones is 1. The molecule has 0 saturated carbocycles. The highest BCUT2D eigenvalue weighted by atomic mass is 32.2. The number of Topliss-reactive ketones (excluding diaryl/α,β-unsaturated/α-hetero) is 1. The second kappa shape index (κ2) is 8.05. The molecule has 6 nitrogen and oxygen atoms in total. The van der Waals surface area contributed by atoms with E-state index >= 15 is 0 Å². The molecular weight excluding hydrogens is 412 g/mol. The topological polar surface area (TPSA) is 97.5 Å². The molecule has 0 aromatic heterocycles. The first-order chi connectivity index (χ1) is 14.7. The van der Waals surface area contributed by atoms with Crippen LogP contribution in [0.15, 0.2) is 64.7 Å². The van der Waals surface area contributed by atoms with Crippen LogP contribution in [-0.2, 0) is 19.6 Å². The van der Waals surface area contributed by atoms with E-state index in [2.05, 4.69) is 26.0 Å². The molecule has 1 heterocycles. The van der Waals surface area contributed by atoms with Gasteiger partial charge in [0, 0.05) is 35.7 Å². The van der Waals surface area contributed by atoms with Crippen LogP contribution in [0.2, 0.25) is 0 Å². The summed E-state index contributed by atoms with van der Waals surface area (Å²) >= 11 is 0. The number of hydrogen-bond donors (Lipinski definition) is 1. The van der Waals surface area contributed by atoms with E-state index < -0.39 is 10.0 Å². The quantitative estimate of drug-likeness (QED) is 0.780. The van der Waals surface area contributed by atoms with Crippen molar-refractivity contribution in [1.29, 1.82) is 0 Å². The van der Waals surface area contributed by atoms with Crippen LogP contribution in [0.4, 0.5) is 5.69 Å². The van der Waals surface area contributed by atoms with Crippen molar-refractivity contribution in [2.45, 2.75) is 56.3 Å². The second-order valence-electron chi connectivity index (χ2n) is 8.48. The maximum Gasteiger partial charge on any atom is 0.238 e. The lowest BCUT2D eigenvalue weighted by molar-refractivity contribution is -0.119. The van der Waals surface area contributed by atoms with Crippen LogP contribution in [0.3, 0.4) is 0 Å². The van der Waals surface area contributed by atoms with Gasteiger partial charge in [-0.3, -0.25) is 14.5 Å². The molecule has 0 fully saturated rings. The van der Waals surface area contributed by atoms with Crippen molar-refractivity contribution in [2.75, 3.05) is 4.90 Å². The Balaban J connectivity index is 1.78. The molecule has 1 aliphatic carbocycles. The summed E-state index contributed by atoms with van der Waals surface area (Å²) in [6.07, 6.45) is 1.99. The minimum absolute atomic E-state index is 0.0160. The van der Waals surface area contributed by atoms with Gasteiger partial charge in [0.15, 0.2) is 5.78 Å². The molecule has 0 radical (unpaired) electrons. The number of allylic oxidation sites excluding steroid dienone is 2. The standard InChI is InChI=1S/C24H26N2O4S/c1-15(2)16-6-8-17(9-7-16)20-14-23(28)26(21-4-3-5-22(27)24(20)21)18-10-12-19(13-11-18)31(25,29)30/h6-13,15,20H,3-5,14H2,1-2H3,(H2,25,29,30). The van der Waals surface area contributed by atoms with Gasteiger partial charge in [0.1, 0.15) is 0 Å². The average Bonchev–Trinajstić information content (AvgIpc) is 2.73. The Morgan fingerprint density at radius 1 is 0.968 bits per heavy atom. The van der Waals surface area contributed by atoms with Crippen molar-refractivity contribution in [1.82, 2.24) is 0 Å². The lowest BCUT2D eigenvalue weighted by atomic mass is 9.77. The number of primary sulfonamides is 1. The Morgan fingerprint density at radius 2 is 1.61 bits per heavy atom. The fourth-order valence-electron chi connectivity index (χ4n) is 4.48. The maximum absolute atomic E-state index is 13.2. The predicted molar refractivity (Wildman–Crippen MR) is 119 cm³/mol. The van der Waals surface area contributed by atoms with Gasteiger partial charge < -0.3 is 0 Å². The van der Waals surface area contributed by atoms with Crippen LogP contribution < -0.4 is 10.0 Å².